The number of ketones is 1. The number of hydrogen-bond acceptors (Lipinski definition) is 3. The summed E-state index contributed by atoms with van der Waals surface area (Å²) >= 11 is 0. The summed E-state index contributed by atoms with van der Waals surface area (Å²) in [6, 6.07) is 0. The predicted molar refractivity (Wildman–Crippen MR) is 61.6 cm³/mol. The summed E-state index contributed by atoms with van der Waals surface area (Å²) in [4.78, 5) is 23.7. The van der Waals surface area contributed by atoms with Crippen LogP contribution < -0.4 is 0 Å². The molecule has 0 saturated carbocycles. The van der Waals surface area contributed by atoms with E-state index in [0.29, 0.717) is 11.3 Å². The van der Waals surface area contributed by atoms with E-state index in [2.05, 4.69) is 0 Å². The van der Waals surface area contributed by atoms with E-state index >= 15 is 0 Å². The van der Waals surface area contributed by atoms with Crippen LogP contribution in [0.4, 0.5) is 0 Å². The van der Waals surface area contributed by atoms with Crippen molar-refractivity contribution in [2.24, 2.45) is 11.3 Å². The lowest BCUT2D eigenvalue weighted by molar-refractivity contribution is -0.156. The summed E-state index contributed by atoms with van der Waals surface area (Å²) in [6.07, 6.45) is 3.78. The molecule has 1 aliphatic heterocycles. The summed E-state index contributed by atoms with van der Waals surface area (Å²) in [5, 5.41) is 0. The van der Waals surface area contributed by atoms with Crippen LogP contribution in [0.15, 0.2) is 23.5 Å². The average molecular weight is 222 g/mol. The highest BCUT2D eigenvalue weighted by atomic mass is 16.5. The Kier molecular flexibility index (Phi) is 3.36. The Labute approximate surface area is 96.2 Å². The van der Waals surface area contributed by atoms with Crippen molar-refractivity contribution in [1.29, 1.82) is 0 Å². The molecule has 0 amide bonds. The van der Waals surface area contributed by atoms with E-state index in [0.717, 1.165) is 0 Å². The highest BCUT2D eigenvalue weighted by Gasteiger charge is 2.44. The number of cyclic esters (lactones) is 1. The van der Waals surface area contributed by atoms with Crippen molar-refractivity contribution >= 4 is 11.8 Å². The summed E-state index contributed by atoms with van der Waals surface area (Å²) in [5.74, 6) is -0.175. The molecular weight excluding hydrogens is 204 g/mol. The van der Waals surface area contributed by atoms with Gasteiger partial charge < -0.3 is 4.74 Å². The number of carbonyl (C=O) groups is 2. The van der Waals surface area contributed by atoms with E-state index in [-0.39, 0.29) is 11.7 Å². The van der Waals surface area contributed by atoms with E-state index in [1.54, 1.807) is 20.8 Å². The third-order valence-electron chi connectivity index (χ3n) is 2.89. The largest absolute Gasteiger partial charge is 0.429 e. The zero-order chi connectivity index (χ0) is 12.5. The Balaban J connectivity index is 3.18. The lowest BCUT2D eigenvalue weighted by Crippen LogP contribution is -2.40. The van der Waals surface area contributed by atoms with Crippen LogP contribution in [0.25, 0.3) is 0 Å². The van der Waals surface area contributed by atoms with Crippen molar-refractivity contribution in [2.75, 3.05) is 0 Å². The normalized spacial score (nSPS) is 22.6. The first kappa shape index (κ1) is 12.7. The molecule has 0 aliphatic carbocycles. The topological polar surface area (TPSA) is 43.4 Å². The number of ether oxygens (including phenoxy) is 1. The van der Waals surface area contributed by atoms with E-state index in [4.69, 9.17) is 4.74 Å². The maximum Gasteiger partial charge on any atom is 0.324 e. The van der Waals surface area contributed by atoms with Gasteiger partial charge in [-0.05, 0) is 27.7 Å². The first-order valence-corrected chi connectivity index (χ1v) is 5.43. The zero-order valence-corrected chi connectivity index (χ0v) is 10.5. The van der Waals surface area contributed by atoms with Gasteiger partial charge in [-0.25, -0.2) is 0 Å². The van der Waals surface area contributed by atoms with Crippen LogP contribution in [-0.4, -0.2) is 11.8 Å². The van der Waals surface area contributed by atoms with Crippen LogP contribution in [0.1, 0.15) is 34.6 Å². The van der Waals surface area contributed by atoms with Crippen LogP contribution >= 0.6 is 0 Å². The first-order valence-electron chi connectivity index (χ1n) is 5.43. The summed E-state index contributed by atoms with van der Waals surface area (Å²) in [7, 11) is 0. The minimum absolute atomic E-state index is 0.0472. The molecule has 0 radical (unpaired) electrons. The molecule has 0 N–H and O–H groups in total. The first-order chi connectivity index (χ1) is 7.32. The van der Waals surface area contributed by atoms with E-state index in [9.17, 15) is 9.59 Å². The molecule has 0 aromatic heterocycles. The molecule has 0 bridgehead atoms. The van der Waals surface area contributed by atoms with Gasteiger partial charge in [0.1, 0.15) is 11.2 Å². The summed E-state index contributed by atoms with van der Waals surface area (Å²) in [5.41, 5.74) is -0.501. The molecule has 1 aliphatic rings. The second kappa shape index (κ2) is 4.24. The van der Waals surface area contributed by atoms with Gasteiger partial charge in [0.15, 0.2) is 5.78 Å². The molecule has 1 heterocycles. The predicted octanol–water partition coefficient (Wildman–Crippen LogP) is 2.62. The fraction of sp³-hybridized carbons (Fsp3) is 0.538. The molecule has 1 atom stereocenters. The Morgan fingerprint density at radius 3 is 2.38 bits per heavy atom. The number of rotatable bonds is 2. The van der Waals surface area contributed by atoms with Gasteiger partial charge in [0.05, 0.1) is 0 Å². The van der Waals surface area contributed by atoms with Crippen molar-refractivity contribution < 1.29 is 14.3 Å². The number of allylic oxidation sites excluding steroid dienone is 3. The van der Waals surface area contributed by atoms with Gasteiger partial charge in [0.2, 0.25) is 0 Å². The fourth-order valence-electron chi connectivity index (χ4n) is 1.79. The monoisotopic (exact) mass is 222 g/mol. The fourth-order valence-corrected chi connectivity index (χ4v) is 1.79. The Hall–Kier alpha value is -1.38. The van der Waals surface area contributed by atoms with Gasteiger partial charge >= 0.3 is 5.97 Å². The maximum absolute atomic E-state index is 12.0. The van der Waals surface area contributed by atoms with Gasteiger partial charge in [-0.1, -0.05) is 19.1 Å². The number of carbonyl (C=O) groups excluding carboxylic acids is 2. The smallest absolute Gasteiger partial charge is 0.324 e. The third kappa shape index (κ3) is 1.94. The Morgan fingerprint density at radius 1 is 1.31 bits per heavy atom. The van der Waals surface area contributed by atoms with Crippen molar-refractivity contribution in [1.82, 2.24) is 0 Å². The van der Waals surface area contributed by atoms with Crippen molar-refractivity contribution in [3.63, 3.8) is 0 Å². The molecule has 3 heteroatoms. The molecular formula is C13H18O3. The van der Waals surface area contributed by atoms with Crippen LogP contribution in [-0.2, 0) is 14.3 Å². The molecule has 0 fully saturated rings. The number of hydrogen-bond donors (Lipinski definition) is 0. The van der Waals surface area contributed by atoms with Gasteiger partial charge in [-0.2, -0.15) is 0 Å². The quantitative estimate of drug-likeness (QED) is 0.410. The van der Waals surface area contributed by atoms with Crippen LogP contribution in [0, 0.1) is 11.3 Å². The van der Waals surface area contributed by atoms with Gasteiger partial charge in [-0.3, -0.25) is 9.59 Å². The minimum atomic E-state index is -1.05. The van der Waals surface area contributed by atoms with Crippen molar-refractivity contribution in [3.8, 4) is 0 Å². The van der Waals surface area contributed by atoms with Gasteiger partial charge in [0, 0.05) is 11.5 Å². The zero-order valence-electron chi connectivity index (χ0n) is 10.5. The van der Waals surface area contributed by atoms with E-state index < -0.39 is 11.4 Å². The molecule has 88 valence electrons. The molecule has 1 unspecified atom stereocenters. The number of esters is 1. The maximum atomic E-state index is 12.0. The second-order valence-corrected chi connectivity index (χ2v) is 4.65. The van der Waals surface area contributed by atoms with E-state index in [1.807, 2.05) is 26.0 Å². The third-order valence-corrected chi connectivity index (χ3v) is 2.89. The summed E-state index contributed by atoms with van der Waals surface area (Å²) in [6.45, 7) is 8.70. The van der Waals surface area contributed by atoms with Crippen LogP contribution in [0.5, 0.6) is 0 Å². The van der Waals surface area contributed by atoms with Crippen molar-refractivity contribution in [3.05, 3.63) is 23.5 Å². The number of Topliss-reactive ketones (excluding diaryl/α,β-unsaturated/α-hetero) is 1. The highest BCUT2D eigenvalue weighted by molar-refractivity contribution is 6.13. The highest BCUT2D eigenvalue weighted by Crippen LogP contribution is 2.34. The average Bonchev–Trinajstić information content (AvgIpc) is 2.21. The molecule has 0 spiro atoms. The lowest BCUT2D eigenvalue weighted by atomic mass is 9.81. The van der Waals surface area contributed by atoms with E-state index in [1.165, 1.54) is 0 Å². The SMILES string of the molecule is CC=CC(C)C1=C(C)C(=O)C(C)(C)C(=O)O1. The summed E-state index contributed by atoms with van der Waals surface area (Å²) < 4.78 is 5.27. The second-order valence-electron chi connectivity index (χ2n) is 4.65. The molecule has 0 saturated heterocycles. The van der Waals surface area contributed by atoms with Crippen LogP contribution in [0.3, 0.4) is 0 Å². The standard InChI is InChI=1S/C13H18O3/c1-6-7-8(2)10-9(3)11(14)13(4,5)12(15)16-10/h6-8H,1-5H3. The van der Waals surface area contributed by atoms with Gasteiger partial charge in [-0.15, -0.1) is 0 Å². The Bertz CT molecular complexity index is 386. The van der Waals surface area contributed by atoms with Crippen molar-refractivity contribution in [2.45, 2.75) is 34.6 Å². The van der Waals surface area contributed by atoms with Crippen LogP contribution in [0.2, 0.25) is 0 Å². The molecule has 3 nitrogen and oxygen atoms in total. The molecule has 0 aromatic rings. The molecule has 0 aromatic carbocycles. The van der Waals surface area contributed by atoms with Gasteiger partial charge in [0.25, 0.3) is 0 Å². The lowest BCUT2D eigenvalue weighted by Gasteiger charge is -2.30. The molecule has 16 heavy (non-hydrogen) atoms. The Morgan fingerprint density at radius 2 is 1.88 bits per heavy atom. The molecule has 1 rings (SSSR count). The minimum Gasteiger partial charge on any atom is -0.429 e.